The average molecular weight is 456 g/mol. The molecule has 4 rings (SSSR count). The number of hydrogen-bond acceptors (Lipinski definition) is 6. The largest absolute Gasteiger partial charge is 0.295 e. The Labute approximate surface area is 165 Å². The maximum atomic E-state index is 11.9. The molecule has 0 saturated heterocycles. The summed E-state index contributed by atoms with van der Waals surface area (Å²) in [5.74, 6) is 0. The van der Waals surface area contributed by atoms with Crippen molar-refractivity contribution in [2.75, 3.05) is 0 Å². The molecule has 0 heterocycles. The van der Waals surface area contributed by atoms with Gasteiger partial charge in [-0.05, 0) is 35.4 Å². The SMILES string of the molecule is Cc1cc(S(=O)(=O)O)c2ccc3c(S(=O)(=O)O)cc(S(=O)(=O)O)c4ccc1c2c43. The summed E-state index contributed by atoms with van der Waals surface area (Å²) in [4.78, 5) is -1.97. The molecular weight excluding hydrogens is 444 g/mol. The van der Waals surface area contributed by atoms with Crippen LogP contribution in [-0.2, 0) is 30.4 Å². The van der Waals surface area contributed by atoms with Gasteiger partial charge >= 0.3 is 0 Å². The summed E-state index contributed by atoms with van der Waals surface area (Å²) in [6, 6.07) is 7.18. The highest BCUT2D eigenvalue weighted by Crippen LogP contribution is 2.43. The molecule has 9 nitrogen and oxygen atoms in total. The summed E-state index contributed by atoms with van der Waals surface area (Å²) in [6.45, 7) is 1.56. The molecule has 0 radical (unpaired) electrons. The van der Waals surface area contributed by atoms with Crippen molar-refractivity contribution >= 4 is 62.7 Å². The molecule has 0 amide bonds. The van der Waals surface area contributed by atoms with Crippen LogP contribution in [0.1, 0.15) is 5.56 Å². The number of benzene rings is 4. The van der Waals surface area contributed by atoms with E-state index in [1.807, 2.05) is 0 Å². The third-order valence-electron chi connectivity index (χ3n) is 4.83. The molecular formula is C17H12O9S3. The molecule has 4 aromatic rings. The van der Waals surface area contributed by atoms with Crippen LogP contribution in [0.3, 0.4) is 0 Å². The molecule has 0 saturated carbocycles. The minimum atomic E-state index is -4.90. The predicted octanol–water partition coefficient (Wildman–Crippen LogP) is 2.63. The lowest BCUT2D eigenvalue weighted by Gasteiger charge is -2.17. The van der Waals surface area contributed by atoms with Crippen LogP contribution in [0.15, 0.2) is 51.1 Å². The lowest BCUT2D eigenvalue weighted by Crippen LogP contribution is -2.07. The van der Waals surface area contributed by atoms with Crippen molar-refractivity contribution in [3.63, 3.8) is 0 Å². The molecule has 0 aliphatic heterocycles. The van der Waals surface area contributed by atoms with Crippen molar-refractivity contribution in [2.24, 2.45) is 0 Å². The summed E-state index contributed by atoms with van der Waals surface area (Å²) in [6.07, 6.45) is 0. The van der Waals surface area contributed by atoms with Crippen LogP contribution in [0.25, 0.3) is 32.3 Å². The molecule has 0 aliphatic carbocycles. The van der Waals surface area contributed by atoms with Crippen LogP contribution in [0.4, 0.5) is 0 Å². The summed E-state index contributed by atoms with van der Waals surface area (Å²) < 4.78 is 100. The van der Waals surface area contributed by atoms with Crippen LogP contribution < -0.4 is 0 Å². The molecule has 29 heavy (non-hydrogen) atoms. The molecule has 4 aromatic carbocycles. The smallest absolute Gasteiger partial charge is 0.282 e. The van der Waals surface area contributed by atoms with Crippen LogP contribution in [0.5, 0.6) is 0 Å². The first-order valence-corrected chi connectivity index (χ1v) is 12.2. The third kappa shape index (κ3) is 2.96. The van der Waals surface area contributed by atoms with E-state index in [4.69, 9.17) is 0 Å². The van der Waals surface area contributed by atoms with Gasteiger partial charge in [0.15, 0.2) is 0 Å². The molecule has 0 unspecified atom stereocenters. The first-order valence-electron chi connectivity index (χ1n) is 7.89. The Hall–Kier alpha value is -2.35. The van der Waals surface area contributed by atoms with E-state index >= 15 is 0 Å². The van der Waals surface area contributed by atoms with E-state index in [1.54, 1.807) is 6.92 Å². The lowest BCUT2D eigenvalue weighted by molar-refractivity contribution is 0.480. The van der Waals surface area contributed by atoms with Gasteiger partial charge in [0.1, 0.15) is 14.7 Å². The Morgan fingerprint density at radius 3 is 1.24 bits per heavy atom. The van der Waals surface area contributed by atoms with Gasteiger partial charge in [0.05, 0.1) is 0 Å². The number of rotatable bonds is 3. The minimum absolute atomic E-state index is 0.0105. The van der Waals surface area contributed by atoms with Gasteiger partial charge in [0, 0.05) is 21.5 Å². The standard InChI is InChI=1S/C17H12O9S3/c1-8-6-13(27(18,19)20)10-4-5-12-15(29(24,25)26)7-14(28(21,22)23)11-3-2-9(8)16(10)17(11)12/h2-7H,1H3,(H,18,19,20)(H,21,22,23)(H,24,25,26). The highest BCUT2D eigenvalue weighted by atomic mass is 32.2. The maximum absolute atomic E-state index is 11.9. The molecule has 152 valence electrons. The van der Waals surface area contributed by atoms with Gasteiger partial charge in [0.25, 0.3) is 30.4 Å². The third-order valence-corrected chi connectivity index (χ3v) is 7.51. The lowest BCUT2D eigenvalue weighted by atomic mass is 9.92. The average Bonchev–Trinajstić information content (AvgIpc) is 2.57. The molecule has 12 heteroatoms. The van der Waals surface area contributed by atoms with E-state index in [0.29, 0.717) is 17.0 Å². The second-order valence-electron chi connectivity index (χ2n) is 6.56. The summed E-state index contributed by atoms with van der Waals surface area (Å²) >= 11 is 0. The van der Waals surface area contributed by atoms with E-state index in [0.717, 1.165) is 0 Å². The Kier molecular flexibility index (Phi) is 4.02. The second kappa shape index (κ2) is 5.84. The van der Waals surface area contributed by atoms with Gasteiger partial charge in [-0.3, -0.25) is 13.7 Å². The molecule has 0 fully saturated rings. The molecule has 0 atom stereocenters. The quantitative estimate of drug-likeness (QED) is 0.310. The van der Waals surface area contributed by atoms with E-state index in [-0.39, 0.29) is 26.9 Å². The van der Waals surface area contributed by atoms with Gasteiger partial charge < -0.3 is 0 Å². The molecule has 0 aromatic heterocycles. The van der Waals surface area contributed by atoms with E-state index in [2.05, 4.69) is 0 Å². The van der Waals surface area contributed by atoms with Gasteiger partial charge in [0.2, 0.25) is 0 Å². The number of aryl methyl sites for hydroxylation is 1. The van der Waals surface area contributed by atoms with Crippen molar-refractivity contribution < 1.29 is 38.9 Å². The van der Waals surface area contributed by atoms with Gasteiger partial charge in [-0.2, -0.15) is 25.3 Å². The fourth-order valence-corrected chi connectivity index (χ4v) is 5.98. The van der Waals surface area contributed by atoms with Crippen molar-refractivity contribution in [1.82, 2.24) is 0 Å². The first kappa shape index (κ1) is 19.9. The zero-order valence-electron chi connectivity index (χ0n) is 14.5. The fourth-order valence-electron chi connectivity index (χ4n) is 3.71. The fraction of sp³-hybridized carbons (Fsp3) is 0.0588. The van der Waals surface area contributed by atoms with Crippen molar-refractivity contribution in [3.8, 4) is 0 Å². The van der Waals surface area contributed by atoms with Crippen molar-refractivity contribution in [2.45, 2.75) is 21.6 Å². The zero-order chi connectivity index (χ0) is 21.5. The highest BCUT2D eigenvalue weighted by Gasteiger charge is 2.27. The van der Waals surface area contributed by atoms with E-state index in [1.165, 1.54) is 30.3 Å². The second-order valence-corrected chi connectivity index (χ2v) is 10.7. The van der Waals surface area contributed by atoms with Gasteiger partial charge in [-0.25, -0.2) is 0 Å². The monoisotopic (exact) mass is 456 g/mol. The Morgan fingerprint density at radius 1 is 0.552 bits per heavy atom. The van der Waals surface area contributed by atoms with Crippen LogP contribution in [0.2, 0.25) is 0 Å². The van der Waals surface area contributed by atoms with Crippen LogP contribution in [-0.4, -0.2) is 38.9 Å². The zero-order valence-corrected chi connectivity index (χ0v) is 16.9. The maximum Gasteiger partial charge on any atom is 0.295 e. The molecule has 0 spiro atoms. The first-order chi connectivity index (χ1) is 13.2. The Bertz CT molecular complexity index is 1610. The van der Waals surface area contributed by atoms with Crippen LogP contribution >= 0.6 is 0 Å². The Balaban J connectivity index is 2.47. The molecule has 3 N–H and O–H groups in total. The van der Waals surface area contributed by atoms with Crippen molar-refractivity contribution in [1.29, 1.82) is 0 Å². The van der Waals surface area contributed by atoms with Crippen LogP contribution in [0, 0.1) is 6.92 Å². The number of hydrogen-bond donors (Lipinski definition) is 3. The summed E-state index contributed by atoms with van der Waals surface area (Å²) in [5.41, 5.74) is 0.421. The predicted molar refractivity (Wildman–Crippen MR) is 104 cm³/mol. The normalized spacial score (nSPS) is 13.7. The molecule has 0 bridgehead atoms. The Morgan fingerprint density at radius 2 is 0.862 bits per heavy atom. The van der Waals surface area contributed by atoms with Crippen molar-refractivity contribution in [3.05, 3.63) is 42.0 Å². The summed E-state index contributed by atoms with van der Waals surface area (Å²) in [7, 11) is -14.5. The topological polar surface area (TPSA) is 163 Å². The van der Waals surface area contributed by atoms with Gasteiger partial charge in [-0.1, -0.05) is 24.3 Å². The minimum Gasteiger partial charge on any atom is -0.282 e. The van der Waals surface area contributed by atoms with Gasteiger partial charge in [-0.15, -0.1) is 0 Å². The molecule has 0 aliphatic rings. The summed E-state index contributed by atoms with van der Waals surface area (Å²) in [5, 5.41) is 0.540. The van der Waals surface area contributed by atoms with E-state index in [9.17, 15) is 38.9 Å². The van der Waals surface area contributed by atoms with E-state index < -0.39 is 45.0 Å². The highest BCUT2D eigenvalue weighted by molar-refractivity contribution is 7.87.